The molecule has 0 aliphatic heterocycles. The van der Waals surface area contributed by atoms with Crippen LogP contribution in [0.1, 0.15) is 26.2 Å². The molecule has 4 heteroatoms. The molecule has 0 unspecified atom stereocenters. The number of hydrogen-bond donors (Lipinski definition) is 0. The second-order valence-corrected chi connectivity index (χ2v) is 10.3. The number of hydrogen-bond acceptors (Lipinski definition) is 3. The topological polar surface area (TPSA) is 25.8 Å². The van der Waals surface area contributed by atoms with E-state index in [-0.39, 0.29) is 0 Å². The zero-order chi connectivity index (χ0) is 12.0. The largest absolute Gasteiger partial charge is 0.233 e. The molecule has 0 radical (unpaired) electrons. The van der Waals surface area contributed by atoms with Gasteiger partial charge in [0, 0.05) is 11.5 Å². The lowest BCUT2D eigenvalue weighted by Gasteiger charge is -2.21. The average molecular weight is 254 g/mol. The van der Waals surface area contributed by atoms with Crippen LogP contribution in [0.4, 0.5) is 0 Å². The van der Waals surface area contributed by atoms with Crippen molar-refractivity contribution >= 4 is 25.2 Å². The Bertz CT molecular complexity index is 329. The van der Waals surface area contributed by atoms with Gasteiger partial charge >= 0.3 is 0 Å². The van der Waals surface area contributed by atoms with Crippen LogP contribution in [-0.4, -0.2) is 24.3 Å². The van der Waals surface area contributed by atoms with Crippen molar-refractivity contribution in [3.05, 3.63) is 12.3 Å². The summed E-state index contributed by atoms with van der Waals surface area (Å²) in [6.45, 7) is 7.08. The zero-order valence-electron chi connectivity index (χ0n) is 10.8. The van der Waals surface area contributed by atoms with Crippen molar-refractivity contribution in [3.8, 4) is 0 Å². The molecular formula is C12H22N2SSi. The van der Waals surface area contributed by atoms with Crippen LogP contribution in [0.2, 0.25) is 19.1 Å². The van der Waals surface area contributed by atoms with Gasteiger partial charge in [-0.15, -0.1) is 0 Å². The number of nitrogens with zero attached hydrogens (tertiary/aromatic N) is 2. The van der Waals surface area contributed by atoms with Crippen LogP contribution in [0.25, 0.3) is 0 Å². The van der Waals surface area contributed by atoms with E-state index in [0.29, 0.717) is 0 Å². The summed E-state index contributed by atoms with van der Waals surface area (Å²) < 4.78 is 0. The molecule has 1 rings (SSSR count). The Morgan fingerprint density at radius 3 is 2.69 bits per heavy atom. The van der Waals surface area contributed by atoms with Crippen molar-refractivity contribution in [2.24, 2.45) is 0 Å². The molecule has 1 aromatic rings. The minimum absolute atomic E-state index is 0.911. The van der Waals surface area contributed by atoms with Crippen LogP contribution < -0.4 is 5.32 Å². The molecule has 0 amide bonds. The lowest BCUT2D eigenvalue weighted by atomic mass is 10.3. The normalized spacial score (nSPS) is 11.8. The Hall–Kier alpha value is -0.353. The third-order valence-corrected chi connectivity index (χ3v) is 6.75. The minimum Gasteiger partial charge on any atom is -0.233 e. The van der Waals surface area contributed by atoms with Gasteiger partial charge in [0.2, 0.25) is 0 Å². The van der Waals surface area contributed by atoms with Crippen molar-refractivity contribution in [1.29, 1.82) is 0 Å². The maximum absolute atomic E-state index is 4.66. The smallest absolute Gasteiger partial charge is 0.187 e. The number of aromatic nitrogens is 2. The molecule has 1 aromatic heterocycles. The molecule has 0 spiro atoms. The highest BCUT2D eigenvalue weighted by Crippen LogP contribution is 2.15. The fraction of sp³-hybridized carbons (Fsp3) is 0.667. The summed E-state index contributed by atoms with van der Waals surface area (Å²) in [5.41, 5.74) is 0. The van der Waals surface area contributed by atoms with E-state index in [0.717, 1.165) is 5.16 Å². The molecule has 16 heavy (non-hydrogen) atoms. The second kappa shape index (κ2) is 6.40. The molecule has 0 aliphatic carbocycles. The SMILES string of the molecule is CCCCC[Si](C)(C)c1ccnc(SC)n1. The van der Waals surface area contributed by atoms with Crippen LogP contribution in [0.3, 0.4) is 0 Å². The van der Waals surface area contributed by atoms with Crippen LogP contribution >= 0.6 is 11.8 Å². The molecule has 0 aliphatic rings. The monoisotopic (exact) mass is 254 g/mol. The molecule has 0 N–H and O–H groups in total. The highest BCUT2D eigenvalue weighted by Gasteiger charge is 2.24. The summed E-state index contributed by atoms with van der Waals surface area (Å²) in [6.07, 6.45) is 7.92. The van der Waals surface area contributed by atoms with Gasteiger partial charge in [-0.25, -0.2) is 9.97 Å². The summed E-state index contributed by atoms with van der Waals surface area (Å²) in [7, 11) is -1.33. The summed E-state index contributed by atoms with van der Waals surface area (Å²) >= 11 is 1.63. The van der Waals surface area contributed by atoms with Crippen LogP contribution in [0.5, 0.6) is 0 Å². The second-order valence-electron chi connectivity index (χ2n) is 4.77. The molecule has 2 nitrogen and oxygen atoms in total. The van der Waals surface area contributed by atoms with Gasteiger partial charge in [-0.2, -0.15) is 0 Å². The quantitative estimate of drug-likeness (QED) is 0.337. The van der Waals surface area contributed by atoms with Crippen molar-refractivity contribution in [2.75, 3.05) is 6.26 Å². The Morgan fingerprint density at radius 1 is 1.31 bits per heavy atom. The molecule has 0 fully saturated rings. The Morgan fingerprint density at radius 2 is 2.06 bits per heavy atom. The minimum atomic E-state index is -1.33. The first-order valence-corrected chi connectivity index (χ1v) is 10.4. The van der Waals surface area contributed by atoms with Gasteiger partial charge < -0.3 is 0 Å². The molecule has 0 bridgehead atoms. The van der Waals surface area contributed by atoms with E-state index in [1.807, 2.05) is 12.5 Å². The first-order chi connectivity index (χ1) is 7.60. The molecule has 0 saturated carbocycles. The Balaban J connectivity index is 2.72. The first kappa shape index (κ1) is 13.7. The van der Waals surface area contributed by atoms with Crippen LogP contribution in [0, 0.1) is 0 Å². The van der Waals surface area contributed by atoms with Crippen molar-refractivity contribution in [2.45, 2.75) is 50.5 Å². The van der Waals surface area contributed by atoms with E-state index in [2.05, 4.69) is 36.1 Å². The average Bonchev–Trinajstić information content (AvgIpc) is 2.29. The number of unbranched alkanes of at least 4 members (excludes halogenated alkanes) is 2. The molecule has 0 aromatic carbocycles. The third-order valence-electron chi connectivity index (χ3n) is 2.91. The van der Waals surface area contributed by atoms with E-state index >= 15 is 0 Å². The van der Waals surface area contributed by atoms with E-state index in [9.17, 15) is 0 Å². The zero-order valence-corrected chi connectivity index (χ0v) is 12.6. The highest BCUT2D eigenvalue weighted by molar-refractivity contribution is 7.98. The summed E-state index contributed by atoms with van der Waals surface area (Å²) in [4.78, 5) is 8.90. The Kier molecular flexibility index (Phi) is 5.48. The maximum Gasteiger partial charge on any atom is 0.187 e. The van der Waals surface area contributed by atoms with Crippen LogP contribution in [0.15, 0.2) is 17.4 Å². The fourth-order valence-corrected chi connectivity index (χ4v) is 4.52. The lowest BCUT2D eigenvalue weighted by Crippen LogP contribution is -2.43. The Labute approximate surface area is 104 Å². The van der Waals surface area contributed by atoms with Gasteiger partial charge in [-0.05, 0) is 12.3 Å². The number of thioether (sulfide) groups is 1. The molecule has 0 atom stereocenters. The van der Waals surface area contributed by atoms with Gasteiger partial charge in [0.25, 0.3) is 0 Å². The van der Waals surface area contributed by atoms with E-state index in [1.165, 1.54) is 30.6 Å². The van der Waals surface area contributed by atoms with Gasteiger partial charge in [0.05, 0.1) is 0 Å². The summed E-state index contributed by atoms with van der Waals surface area (Å²) in [5, 5.41) is 2.22. The van der Waals surface area contributed by atoms with E-state index in [4.69, 9.17) is 0 Å². The lowest BCUT2D eigenvalue weighted by molar-refractivity contribution is 0.763. The number of rotatable bonds is 6. The van der Waals surface area contributed by atoms with Gasteiger partial charge in [0.1, 0.15) is 8.07 Å². The van der Waals surface area contributed by atoms with Gasteiger partial charge in [-0.1, -0.05) is 57.1 Å². The predicted octanol–water partition coefficient (Wildman–Crippen LogP) is 3.30. The molecule has 90 valence electrons. The van der Waals surface area contributed by atoms with Gasteiger partial charge in [-0.3, -0.25) is 0 Å². The summed E-state index contributed by atoms with van der Waals surface area (Å²) in [5.74, 6) is 0. The third kappa shape index (κ3) is 3.90. The molecule has 0 saturated heterocycles. The van der Waals surface area contributed by atoms with E-state index in [1.54, 1.807) is 11.8 Å². The highest BCUT2D eigenvalue weighted by atomic mass is 32.2. The van der Waals surface area contributed by atoms with Crippen LogP contribution in [-0.2, 0) is 0 Å². The standard InChI is InChI=1S/C12H22N2SSi/c1-5-6-7-10-16(3,4)11-8-9-13-12(14-11)15-2/h8-9H,5-7,10H2,1-4H3. The molecular weight excluding hydrogens is 232 g/mol. The van der Waals surface area contributed by atoms with Crippen molar-refractivity contribution in [3.63, 3.8) is 0 Å². The maximum atomic E-state index is 4.66. The fourth-order valence-electron chi connectivity index (χ4n) is 1.76. The van der Waals surface area contributed by atoms with Gasteiger partial charge in [0.15, 0.2) is 5.16 Å². The first-order valence-electron chi connectivity index (χ1n) is 5.97. The molecule has 1 heterocycles. The van der Waals surface area contributed by atoms with Crippen molar-refractivity contribution in [1.82, 2.24) is 9.97 Å². The van der Waals surface area contributed by atoms with Crippen molar-refractivity contribution < 1.29 is 0 Å². The van der Waals surface area contributed by atoms with E-state index < -0.39 is 8.07 Å². The predicted molar refractivity (Wildman–Crippen MR) is 75.3 cm³/mol. The summed E-state index contributed by atoms with van der Waals surface area (Å²) in [6, 6.07) is 3.45.